The summed E-state index contributed by atoms with van der Waals surface area (Å²) in [5.41, 5.74) is 2.17. The molecule has 1 aromatic heterocycles. The standard InChI is InChI=1S/C21H22N2O3S/c1-15-23-17(14-27-15)12-24-18-8-6-16(7-9-18)10-22-11-19-13-25-20-4-2-3-5-21(20)26-19/h2-9,14,19,22H,10-13H2,1H3. The number of hydrogen-bond donors (Lipinski definition) is 1. The minimum absolute atomic E-state index is 0.0177. The Hall–Kier alpha value is -2.57. The summed E-state index contributed by atoms with van der Waals surface area (Å²) in [5, 5.41) is 6.52. The van der Waals surface area contributed by atoms with Gasteiger partial charge < -0.3 is 19.5 Å². The quantitative estimate of drug-likeness (QED) is 0.670. The summed E-state index contributed by atoms with van der Waals surface area (Å²) in [6.45, 7) is 4.57. The fourth-order valence-corrected chi connectivity index (χ4v) is 3.47. The molecular formula is C21H22N2O3S. The number of thiazole rings is 1. The SMILES string of the molecule is Cc1nc(COc2ccc(CNCC3COc4ccccc4O3)cc2)cs1. The Kier molecular flexibility index (Phi) is 5.55. The lowest BCUT2D eigenvalue weighted by atomic mass is 10.2. The van der Waals surface area contributed by atoms with E-state index in [-0.39, 0.29) is 6.10 Å². The molecule has 0 saturated heterocycles. The van der Waals surface area contributed by atoms with E-state index in [0.717, 1.165) is 41.0 Å². The number of hydrogen-bond acceptors (Lipinski definition) is 6. The third kappa shape index (κ3) is 4.78. The zero-order chi connectivity index (χ0) is 18.5. The van der Waals surface area contributed by atoms with Gasteiger partial charge >= 0.3 is 0 Å². The molecule has 140 valence electrons. The van der Waals surface area contributed by atoms with Crippen molar-refractivity contribution in [3.63, 3.8) is 0 Å². The molecule has 1 aliphatic heterocycles. The molecule has 5 nitrogen and oxygen atoms in total. The second-order valence-electron chi connectivity index (χ2n) is 6.42. The molecule has 4 rings (SSSR count). The Morgan fingerprint density at radius 2 is 1.96 bits per heavy atom. The number of para-hydroxylation sites is 2. The molecular weight excluding hydrogens is 360 g/mol. The maximum Gasteiger partial charge on any atom is 0.161 e. The number of fused-ring (bicyclic) bond motifs is 1. The molecule has 1 N–H and O–H groups in total. The van der Waals surface area contributed by atoms with Crippen LogP contribution in [0.1, 0.15) is 16.3 Å². The first-order valence-corrected chi connectivity index (χ1v) is 9.86. The van der Waals surface area contributed by atoms with Gasteiger partial charge in [0.15, 0.2) is 11.5 Å². The van der Waals surface area contributed by atoms with Crippen LogP contribution in [0.3, 0.4) is 0 Å². The lowest BCUT2D eigenvalue weighted by Crippen LogP contribution is -2.38. The van der Waals surface area contributed by atoms with Gasteiger partial charge in [-0.05, 0) is 36.8 Å². The molecule has 0 radical (unpaired) electrons. The van der Waals surface area contributed by atoms with Gasteiger partial charge in [0.05, 0.1) is 10.7 Å². The maximum absolute atomic E-state index is 5.95. The van der Waals surface area contributed by atoms with Crippen LogP contribution in [0.5, 0.6) is 17.2 Å². The molecule has 1 atom stereocenters. The Morgan fingerprint density at radius 1 is 1.15 bits per heavy atom. The van der Waals surface area contributed by atoms with Crippen molar-refractivity contribution in [2.45, 2.75) is 26.2 Å². The van der Waals surface area contributed by atoms with Gasteiger partial charge in [0.2, 0.25) is 0 Å². The smallest absolute Gasteiger partial charge is 0.161 e. The number of nitrogens with zero attached hydrogens (tertiary/aromatic N) is 1. The van der Waals surface area contributed by atoms with Crippen LogP contribution in [0.25, 0.3) is 0 Å². The van der Waals surface area contributed by atoms with Crippen LogP contribution in [0.2, 0.25) is 0 Å². The van der Waals surface area contributed by atoms with E-state index >= 15 is 0 Å². The summed E-state index contributed by atoms with van der Waals surface area (Å²) in [4.78, 5) is 4.40. The van der Waals surface area contributed by atoms with Gasteiger partial charge in [-0.3, -0.25) is 0 Å². The summed E-state index contributed by atoms with van der Waals surface area (Å²) >= 11 is 1.64. The number of aryl methyl sites for hydroxylation is 1. The van der Waals surface area contributed by atoms with Crippen molar-refractivity contribution in [1.29, 1.82) is 0 Å². The predicted octanol–water partition coefficient (Wildman–Crippen LogP) is 3.96. The average molecular weight is 382 g/mol. The van der Waals surface area contributed by atoms with Crippen LogP contribution in [0.15, 0.2) is 53.9 Å². The van der Waals surface area contributed by atoms with E-state index in [1.807, 2.05) is 48.7 Å². The van der Waals surface area contributed by atoms with E-state index in [0.29, 0.717) is 13.2 Å². The van der Waals surface area contributed by atoms with Crippen molar-refractivity contribution in [2.75, 3.05) is 13.2 Å². The van der Waals surface area contributed by atoms with E-state index in [9.17, 15) is 0 Å². The Morgan fingerprint density at radius 3 is 2.74 bits per heavy atom. The first-order chi connectivity index (χ1) is 13.3. The molecule has 3 aromatic rings. The zero-order valence-corrected chi connectivity index (χ0v) is 16.0. The number of aromatic nitrogens is 1. The fourth-order valence-electron chi connectivity index (χ4n) is 2.88. The van der Waals surface area contributed by atoms with Crippen molar-refractivity contribution in [2.24, 2.45) is 0 Å². The highest BCUT2D eigenvalue weighted by molar-refractivity contribution is 7.09. The Labute approximate surface area is 162 Å². The van der Waals surface area contributed by atoms with Gasteiger partial charge in [-0.15, -0.1) is 11.3 Å². The zero-order valence-electron chi connectivity index (χ0n) is 15.2. The van der Waals surface area contributed by atoms with Crippen LogP contribution in [-0.4, -0.2) is 24.2 Å². The van der Waals surface area contributed by atoms with E-state index in [2.05, 4.69) is 22.4 Å². The highest BCUT2D eigenvalue weighted by Gasteiger charge is 2.19. The topological polar surface area (TPSA) is 52.6 Å². The van der Waals surface area contributed by atoms with E-state index in [1.165, 1.54) is 5.56 Å². The van der Waals surface area contributed by atoms with E-state index in [1.54, 1.807) is 11.3 Å². The molecule has 27 heavy (non-hydrogen) atoms. The van der Waals surface area contributed by atoms with Crippen molar-refractivity contribution >= 4 is 11.3 Å². The number of ether oxygens (including phenoxy) is 3. The minimum Gasteiger partial charge on any atom is -0.487 e. The summed E-state index contributed by atoms with van der Waals surface area (Å²) in [6, 6.07) is 15.9. The van der Waals surface area contributed by atoms with Gasteiger partial charge in [0, 0.05) is 18.5 Å². The third-order valence-corrected chi connectivity index (χ3v) is 5.07. The minimum atomic E-state index is 0.0177. The fraction of sp³-hybridized carbons (Fsp3) is 0.286. The molecule has 2 aromatic carbocycles. The van der Waals surface area contributed by atoms with Crippen LogP contribution in [0, 0.1) is 6.92 Å². The lowest BCUT2D eigenvalue weighted by Gasteiger charge is -2.26. The average Bonchev–Trinajstić information content (AvgIpc) is 3.12. The molecule has 6 heteroatoms. The summed E-state index contributed by atoms with van der Waals surface area (Å²) < 4.78 is 17.5. The number of rotatable bonds is 7. The molecule has 0 spiro atoms. The summed E-state index contributed by atoms with van der Waals surface area (Å²) in [7, 11) is 0. The molecule has 0 bridgehead atoms. The number of nitrogens with one attached hydrogen (secondary N) is 1. The van der Waals surface area contributed by atoms with E-state index in [4.69, 9.17) is 14.2 Å². The van der Waals surface area contributed by atoms with Gasteiger partial charge in [0.25, 0.3) is 0 Å². The predicted molar refractivity (Wildman–Crippen MR) is 106 cm³/mol. The third-order valence-electron chi connectivity index (χ3n) is 4.25. The van der Waals surface area contributed by atoms with Crippen LogP contribution >= 0.6 is 11.3 Å². The largest absolute Gasteiger partial charge is 0.487 e. The van der Waals surface area contributed by atoms with Crippen molar-refractivity contribution in [1.82, 2.24) is 10.3 Å². The van der Waals surface area contributed by atoms with E-state index < -0.39 is 0 Å². The molecule has 1 unspecified atom stereocenters. The van der Waals surface area contributed by atoms with Crippen molar-refractivity contribution < 1.29 is 14.2 Å². The highest BCUT2D eigenvalue weighted by atomic mass is 32.1. The Bertz CT molecular complexity index is 879. The second-order valence-corrected chi connectivity index (χ2v) is 7.48. The molecule has 1 aliphatic rings. The van der Waals surface area contributed by atoms with Gasteiger partial charge in [0.1, 0.15) is 25.1 Å². The Balaban J connectivity index is 1.21. The monoisotopic (exact) mass is 382 g/mol. The van der Waals surface area contributed by atoms with Crippen LogP contribution in [-0.2, 0) is 13.2 Å². The molecule has 0 fully saturated rings. The lowest BCUT2D eigenvalue weighted by molar-refractivity contribution is 0.0902. The molecule has 0 saturated carbocycles. The van der Waals surface area contributed by atoms with Crippen LogP contribution < -0.4 is 19.5 Å². The summed E-state index contributed by atoms with van der Waals surface area (Å²) in [5.74, 6) is 2.48. The first-order valence-electron chi connectivity index (χ1n) is 8.98. The van der Waals surface area contributed by atoms with Crippen LogP contribution in [0.4, 0.5) is 0 Å². The number of benzene rings is 2. The van der Waals surface area contributed by atoms with Gasteiger partial charge in [-0.2, -0.15) is 0 Å². The van der Waals surface area contributed by atoms with Crippen molar-refractivity contribution in [3.05, 3.63) is 70.2 Å². The first kappa shape index (κ1) is 17.8. The maximum atomic E-state index is 5.95. The second kappa shape index (κ2) is 8.41. The molecule has 0 aliphatic carbocycles. The molecule has 0 amide bonds. The summed E-state index contributed by atoms with van der Waals surface area (Å²) in [6.07, 6.45) is 0.0177. The van der Waals surface area contributed by atoms with Crippen molar-refractivity contribution in [3.8, 4) is 17.2 Å². The van der Waals surface area contributed by atoms with Gasteiger partial charge in [-0.25, -0.2) is 4.98 Å². The molecule has 2 heterocycles. The van der Waals surface area contributed by atoms with Gasteiger partial charge in [-0.1, -0.05) is 24.3 Å². The normalized spacial score (nSPS) is 15.5. The highest BCUT2D eigenvalue weighted by Crippen LogP contribution is 2.30.